The zero-order valence-electron chi connectivity index (χ0n) is 24.3. The lowest BCUT2D eigenvalue weighted by Crippen LogP contribution is -2.58. The number of hydrogen-bond donors (Lipinski definition) is 1. The molecule has 0 spiro atoms. The number of hydrogen-bond acceptors (Lipinski definition) is 6. The number of amides is 1. The summed E-state index contributed by atoms with van der Waals surface area (Å²) in [6.45, 7) is 11.1. The highest BCUT2D eigenvalue weighted by Crippen LogP contribution is 2.37. The van der Waals surface area contributed by atoms with Crippen molar-refractivity contribution in [1.82, 2.24) is 14.7 Å². The van der Waals surface area contributed by atoms with Gasteiger partial charge in [-0.3, -0.25) is 19.4 Å². The number of piperazine rings is 1. The fourth-order valence-corrected chi connectivity index (χ4v) is 6.61. The summed E-state index contributed by atoms with van der Waals surface area (Å²) < 4.78 is 5.20. The van der Waals surface area contributed by atoms with Gasteiger partial charge >= 0.3 is 5.97 Å². The van der Waals surface area contributed by atoms with E-state index in [4.69, 9.17) is 4.74 Å². The smallest absolute Gasteiger partial charge is 0.309 e. The number of benzene rings is 2. The second-order valence-electron chi connectivity index (χ2n) is 11.9. The third-order valence-corrected chi connectivity index (χ3v) is 9.03. The molecule has 2 aromatic rings. The lowest BCUT2D eigenvalue weighted by molar-refractivity contribution is -0.149. The summed E-state index contributed by atoms with van der Waals surface area (Å²) in [5.74, 6) is 0.845. The molecule has 5 rings (SSSR count). The molecule has 3 fully saturated rings. The van der Waals surface area contributed by atoms with Crippen LogP contribution in [0.15, 0.2) is 48.5 Å². The highest BCUT2D eigenvalue weighted by Gasteiger charge is 2.38. The SMILES string of the molecule is CCOC(=O)C1CCN(C(=O)c2cccc(C(c3cccc(O)c3)N3C[C@@H](CC)N(CC4CC4)C[C@@H]3C)c2)CC1. The molecule has 7 heteroatoms. The van der Waals surface area contributed by atoms with Gasteiger partial charge in [-0.2, -0.15) is 0 Å². The van der Waals surface area contributed by atoms with Crippen molar-refractivity contribution in [3.8, 4) is 5.75 Å². The van der Waals surface area contributed by atoms with Crippen LogP contribution >= 0.6 is 0 Å². The first kappa shape index (κ1) is 28.6. The first-order chi connectivity index (χ1) is 19.4. The summed E-state index contributed by atoms with van der Waals surface area (Å²) in [5, 5.41) is 10.4. The van der Waals surface area contributed by atoms with E-state index >= 15 is 0 Å². The van der Waals surface area contributed by atoms with E-state index in [0.29, 0.717) is 50.2 Å². The lowest BCUT2D eigenvalue weighted by Gasteiger charge is -2.48. The predicted molar refractivity (Wildman–Crippen MR) is 156 cm³/mol. The van der Waals surface area contributed by atoms with Crippen LogP contribution in [-0.2, 0) is 9.53 Å². The van der Waals surface area contributed by atoms with Crippen LogP contribution in [0.2, 0.25) is 0 Å². The van der Waals surface area contributed by atoms with Crippen molar-refractivity contribution >= 4 is 11.9 Å². The molecule has 1 aliphatic carbocycles. The van der Waals surface area contributed by atoms with Crippen molar-refractivity contribution < 1.29 is 19.4 Å². The number of nitrogens with zero attached hydrogens (tertiary/aromatic N) is 3. The zero-order valence-corrected chi connectivity index (χ0v) is 24.3. The van der Waals surface area contributed by atoms with Gasteiger partial charge in [-0.05, 0) is 87.3 Å². The van der Waals surface area contributed by atoms with E-state index in [1.165, 1.54) is 19.4 Å². The maximum Gasteiger partial charge on any atom is 0.309 e. The summed E-state index contributed by atoms with van der Waals surface area (Å²) in [6, 6.07) is 16.4. The Bertz CT molecular complexity index is 1170. The minimum atomic E-state index is -0.151. The third-order valence-electron chi connectivity index (χ3n) is 9.03. The van der Waals surface area contributed by atoms with E-state index in [0.717, 1.165) is 36.6 Å². The molecule has 7 nitrogen and oxygen atoms in total. The molecule has 3 aliphatic rings. The van der Waals surface area contributed by atoms with Gasteiger partial charge in [0.25, 0.3) is 5.91 Å². The van der Waals surface area contributed by atoms with Gasteiger partial charge in [0.1, 0.15) is 5.75 Å². The first-order valence-corrected chi connectivity index (χ1v) is 15.2. The Kier molecular flexibility index (Phi) is 9.11. The van der Waals surface area contributed by atoms with Gasteiger partial charge < -0.3 is 14.7 Å². The monoisotopic (exact) mass is 547 g/mol. The van der Waals surface area contributed by atoms with E-state index in [1.807, 2.05) is 42.2 Å². The molecule has 2 heterocycles. The van der Waals surface area contributed by atoms with Gasteiger partial charge in [0.15, 0.2) is 0 Å². The molecular formula is C33H45N3O4. The molecule has 2 aromatic carbocycles. The Labute approximate surface area is 239 Å². The quantitative estimate of drug-likeness (QED) is 0.441. The van der Waals surface area contributed by atoms with Gasteiger partial charge in [0.2, 0.25) is 0 Å². The van der Waals surface area contributed by atoms with Gasteiger partial charge in [-0.1, -0.05) is 31.2 Å². The van der Waals surface area contributed by atoms with Crippen molar-refractivity contribution in [3.05, 3.63) is 65.2 Å². The summed E-state index contributed by atoms with van der Waals surface area (Å²) in [5.41, 5.74) is 2.77. The minimum Gasteiger partial charge on any atom is -0.508 e. The van der Waals surface area contributed by atoms with Crippen LogP contribution in [0.3, 0.4) is 0 Å². The van der Waals surface area contributed by atoms with E-state index in [1.54, 1.807) is 6.07 Å². The second-order valence-corrected chi connectivity index (χ2v) is 11.9. The standard InChI is InChI=1S/C33H45N3O4/c1-4-29-22-36(23(3)20-35(29)21-24-12-13-24)31(27-9-7-11-30(37)19-27)26-8-6-10-28(18-26)32(38)34-16-14-25(15-17-34)33(39)40-5-2/h6-11,18-19,23-25,29,31,37H,4-5,12-17,20-22H2,1-3H3/t23-,29+,31?/m0/s1. The van der Waals surface area contributed by atoms with Crippen LogP contribution < -0.4 is 0 Å². The maximum atomic E-state index is 13.6. The predicted octanol–water partition coefficient (Wildman–Crippen LogP) is 5.09. The fraction of sp³-hybridized carbons (Fsp3) is 0.576. The number of phenolic OH excluding ortho intramolecular Hbond substituents is 1. The van der Waals surface area contributed by atoms with Crippen LogP contribution in [0.1, 0.15) is 80.4 Å². The summed E-state index contributed by atoms with van der Waals surface area (Å²) in [6.07, 6.45) is 5.09. The van der Waals surface area contributed by atoms with Crippen molar-refractivity contribution in [3.63, 3.8) is 0 Å². The van der Waals surface area contributed by atoms with Crippen molar-refractivity contribution in [2.24, 2.45) is 11.8 Å². The number of rotatable bonds is 9. The molecule has 0 bridgehead atoms. The number of piperidine rings is 1. The zero-order chi connectivity index (χ0) is 28.2. The van der Waals surface area contributed by atoms with Crippen LogP contribution in [0.5, 0.6) is 5.75 Å². The fourth-order valence-electron chi connectivity index (χ4n) is 6.61. The average Bonchev–Trinajstić information content (AvgIpc) is 3.78. The van der Waals surface area contributed by atoms with E-state index in [-0.39, 0.29) is 29.6 Å². The summed E-state index contributed by atoms with van der Waals surface area (Å²) in [7, 11) is 0. The first-order valence-electron chi connectivity index (χ1n) is 15.2. The molecule has 0 radical (unpaired) electrons. The molecular weight excluding hydrogens is 502 g/mol. The number of ether oxygens (including phenoxy) is 1. The molecule has 216 valence electrons. The molecule has 2 saturated heterocycles. The Hall–Kier alpha value is -2.90. The lowest BCUT2D eigenvalue weighted by atomic mass is 9.91. The number of aromatic hydroxyl groups is 1. The molecule has 1 N–H and O–H groups in total. The highest BCUT2D eigenvalue weighted by atomic mass is 16.5. The normalized spacial score (nSPS) is 23.6. The highest BCUT2D eigenvalue weighted by molar-refractivity contribution is 5.94. The largest absolute Gasteiger partial charge is 0.508 e. The van der Waals surface area contributed by atoms with Gasteiger partial charge in [0, 0.05) is 50.4 Å². The molecule has 1 unspecified atom stereocenters. The number of phenols is 1. The number of carbonyl (C=O) groups excluding carboxylic acids is 2. The van der Waals surface area contributed by atoms with E-state index in [9.17, 15) is 14.7 Å². The Morgan fingerprint density at radius 2 is 1.68 bits per heavy atom. The molecule has 1 amide bonds. The summed E-state index contributed by atoms with van der Waals surface area (Å²) in [4.78, 5) is 32.9. The number of likely N-dealkylation sites (tertiary alicyclic amines) is 1. The molecule has 1 saturated carbocycles. The Balaban J connectivity index is 1.38. The number of esters is 1. The Morgan fingerprint density at radius 1 is 0.975 bits per heavy atom. The minimum absolute atomic E-state index is 0.00699. The molecule has 40 heavy (non-hydrogen) atoms. The second kappa shape index (κ2) is 12.7. The summed E-state index contributed by atoms with van der Waals surface area (Å²) >= 11 is 0. The van der Waals surface area contributed by atoms with Gasteiger partial charge in [0.05, 0.1) is 18.6 Å². The van der Waals surface area contributed by atoms with Crippen LogP contribution in [0.25, 0.3) is 0 Å². The Morgan fingerprint density at radius 3 is 2.33 bits per heavy atom. The van der Waals surface area contributed by atoms with Crippen LogP contribution in [0.4, 0.5) is 0 Å². The molecule has 0 aromatic heterocycles. The number of carbonyl (C=O) groups is 2. The maximum absolute atomic E-state index is 13.6. The average molecular weight is 548 g/mol. The topological polar surface area (TPSA) is 73.3 Å². The third kappa shape index (κ3) is 6.52. The van der Waals surface area contributed by atoms with Crippen LogP contribution in [0, 0.1) is 11.8 Å². The van der Waals surface area contributed by atoms with Crippen molar-refractivity contribution in [2.75, 3.05) is 39.3 Å². The van der Waals surface area contributed by atoms with Crippen molar-refractivity contribution in [2.45, 2.75) is 71.0 Å². The molecule has 3 atom stereocenters. The van der Waals surface area contributed by atoms with Gasteiger partial charge in [-0.25, -0.2) is 0 Å². The van der Waals surface area contributed by atoms with Gasteiger partial charge in [-0.15, -0.1) is 0 Å². The van der Waals surface area contributed by atoms with Crippen LogP contribution in [-0.4, -0.2) is 83.1 Å². The van der Waals surface area contributed by atoms with E-state index < -0.39 is 0 Å². The molecule has 2 aliphatic heterocycles. The van der Waals surface area contributed by atoms with E-state index in [2.05, 4.69) is 35.8 Å². The van der Waals surface area contributed by atoms with Crippen molar-refractivity contribution in [1.29, 1.82) is 0 Å².